The average molecular weight is 224 g/mol. The number of hydrogen-bond donors (Lipinski definition) is 2. The molecule has 1 unspecified atom stereocenters. The highest BCUT2D eigenvalue weighted by Gasteiger charge is 2.17. The van der Waals surface area contributed by atoms with Gasteiger partial charge in [0, 0.05) is 18.1 Å². The van der Waals surface area contributed by atoms with E-state index in [4.69, 9.17) is 11.6 Å². The summed E-state index contributed by atoms with van der Waals surface area (Å²) in [4.78, 5) is 0.115. The van der Waals surface area contributed by atoms with Crippen molar-refractivity contribution in [3.8, 4) is 0 Å². The van der Waals surface area contributed by atoms with Gasteiger partial charge in [-0.05, 0) is 6.92 Å². The molecule has 0 aliphatic rings. The van der Waals surface area contributed by atoms with Gasteiger partial charge in [0.25, 0.3) is 0 Å². The van der Waals surface area contributed by atoms with Gasteiger partial charge in [0.05, 0.1) is 6.20 Å². The summed E-state index contributed by atoms with van der Waals surface area (Å²) in [5, 5.41) is 5.97. The number of alkyl halides is 1. The second-order valence-electron chi connectivity index (χ2n) is 2.61. The van der Waals surface area contributed by atoms with E-state index in [0.29, 0.717) is 0 Å². The van der Waals surface area contributed by atoms with Crippen LogP contribution in [0, 0.1) is 0 Å². The Morgan fingerprint density at radius 1 is 1.77 bits per heavy atom. The van der Waals surface area contributed by atoms with E-state index in [1.807, 2.05) is 0 Å². The molecule has 0 aliphatic heterocycles. The molecule has 0 fully saturated rings. The number of nitrogens with zero attached hydrogens (tertiary/aromatic N) is 1. The van der Waals surface area contributed by atoms with Crippen LogP contribution in [0.25, 0.3) is 0 Å². The first kappa shape index (κ1) is 10.5. The summed E-state index contributed by atoms with van der Waals surface area (Å²) in [6.45, 7) is 1.69. The van der Waals surface area contributed by atoms with E-state index in [-0.39, 0.29) is 16.8 Å². The number of rotatable bonds is 4. The van der Waals surface area contributed by atoms with Crippen molar-refractivity contribution < 1.29 is 8.42 Å². The first-order chi connectivity index (χ1) is 6.06. The fraction of sp³-hybridized carbons (Fsp3) is 0.500. The number of hydrogen-bond acceptors (Lipinski definition) is 3. The van der Waals surface area contributed by atoms with Crippen molar-refractivity contribution in [2.24, 2.45) is 0 Å². The Kier molecular flexibility index (Phi) is 3.29. The predicted octanol–water partition coefficient (Wildman–Crippen LogP) is 0.315. The molecule has 0 amide bonds. The summed E-state index contributed by atoms with van der Waals surface area (Å²) in [6.07, 6.45) is 2.55. The van der Waals surface area contributed by atoms with Crippen LogP contribution < -0.4 is 4.72 Å². The van der Waals surface area contributed by atoms with E-state index >= 15 is 0 Å². The van der Waals surface area contributed by atoms with Gasteiger partial charge in [-0.3, -0.25) is 5.10 Å². The Morgan fingerprint density at radius 3 is 2.92 bits per heavy atom. The molecule has 1 atom stereocenters. The minimum absolute atomic E-state index is 0.115. The molecular formula is C6H10ClN3O2S. The fourth-order valence-electron chi connectivity index (χ4n) is 0.750. The third-order valence-electron chi connectivity index (χ3n) is 1.37. The van der Waals surface area contributed by atoms with Crippen molar-refractivity contribution in [1.29, 1.82) is 0 Å². The second-order valence-corrected chi connectivity index (χ2v) is 4.63. The lowest BCUT2D eigenvalue weighted by molar-refractivity contribution is 0.570. The molecular weight excluding hydrogens is 214 g/mol. The Bertz CT molecular complexity index is 348. The Balaban J connectivity index is 2.79. The number of nitrogens with one attached hydrogen (secondary N) is 2. The van der Waals surface area contributed by atoms with Crippen LogP contribution in [0.2, 0.25) is 0 Å². The average Bonchev–Trinajstić information content (AvgIpc) is 2.55. The lowest BCUT2D eigenvalue weighted by atomic mass is 10.4. The largest absolute Gasteiger partial charge is 0.284 e. The zero-order valence-electron chi connectivity index (χ0n) is 6.99. The van der Waals surface area contributed by atoms with Gasteiger partial charge in [-0.15, -0.1) is 11.6 Å². The monoisotopic (exact) mass is 223 g/mol. The summed E-state index contributed by atoms with van der Waals surface area (Å²) in [5.41, 5.74) is 0. The topological polar surface area (TPSA) is 74.8 Å². The van der Waals surface area contributed by atoms with Gasteiger partial charge in [-0.25, -0.2) is 13.1 Å². The molecule has 1 rings (SSSR count). The molecule has 0 radical (unpaired) electrons. The van der Waals surface area contributed by atoms with Gasteiger partial charge in [0.15, 0.2) is 0 Å². The maximum absolute atomic E-state index is 11.4. The van der Waals surface area contributed by atoms with Crippen molar-refractivity contribution in [2.75, 3.05) is 5.88 Å². The lowest BCUT2D eigenvalue weighted by Crippen LogP contribution is -2.33. The van der Waals surface area contributed by atoms with Gasteiger partial charge in [0.2, 0.25) is 10.0 Å². The third kappa shape index (κ3) is 2.68. The van der Waals surface area contributed by atoms with E-state index in [2.05, 4.69) is 14.9 Å². The van der Waals surface area contributed by atoms with Crippen molar-refractivity contribution in [3.63, 3.8) is 0 Å². The summed E-state index contributed by atoms with van der Waals surface area (Å²) in [6, 6.07) is -0.290. The van der Waals surface area contributed by atoms with Crippen molar-refractivity contribution in [3.05, 3.63) is 12.4 Å². The number of aromatic nitrogens is 2. The molecule has 7 heteroatoms. The molecule has 1 aromatic rings. The minimum atomic E-state index is -3.46. The normalized spacial score (nSPS) is 14.3. The maximum atomic E-state index is 11.4. The van der Waals surface area contributed by atoms with E-state index in [0.717, 1.165) is 0 Å². The molecule has 1 aromatic heterocycles. The number of sulfonamides is 1. The summed E-state index contributed by atoms with van der Waals surface area (Å²) >= 11 is 5.47. The van der Waals surface area contributed by atoms with Gasteiger partial charge >= 0.3 is 0 Å². The van der Waals surface area contributed by atoms with Gasteiger partial charge in [0.1, 0.15) is 4.90 Å². The maximum Gasteiger partial charge on any atom is 0.243 e. The molecule has 74 valence electrons. The predicted molar refractivity (Wildman–Crippen MR) is 49.1 cm³/mol. The Labute approximate surface area is 81.5 Å². The van der Waals surface area contributed by atoms with Crippen LogP contribution in [0.15, 0.2) is 17.3 Å². The van der Waals surface area contributed by atoms with Crippen LogP contribution in [-0.2, 0) is 10.0 Å². The van der Waals surface area contributed by atoms with Crippen LogP contribution in [0.3, 0.4) is 0 Å². The molecule has 0 saturated heterocycles. The number of halogens is 1. The lowest BCUT2D eigenvalue weighted by Gasteiger charge is -2.08. The van der Waals surface area contributed by atoms with Gasteiger partial charge < -0.3 is 0 Å². The summed E-state index contributed by atoms with van der Waals surface area (Å²) < 4.78 is 25.3. The first-order valence-corrected chi connectivity index (χ1v) is 5.65. The molecule has 0 aliphatic carbocycles. The van der Waals surface area contributed by atoms with E-state index < -0.39 is 10.0 Å². The highest BCUT2D eigenvalue weighted by molar-refractivity contribution is 7.89. The molecule has 1 heterocycles. The van der Waals surface area contributed by atoms with Crippen LogP contribution in [-0.4, -0.2) is 30.5 Å². The smallest absolute Gasteiger partial charge is 0.243 e. The summed E-state index contributed by atoms with van der Waals surface area (Å²) in [7, 11) is -3.46. The second kappa shape index (κ2) is 4.08. The van der Waals surface area contributed by atoms with Crippen molar-refractivity contribution in [2.45, 2.75) is 17.9 Å². The van der Waals surface area contributed by atoms with Gasteiger partial charge in [-0.1, -0.05) is 0 Å². The standard InChI is InChI=1S/C6H10ClN3O2S/c1-5(2-7)10-13(11,12)6-3-8-9-4-6/h3-5,10H,2H2,1H3,(H,8,9). The van der Waals surface area contributed by atoms with Crippen LogP contribution in [0.4, 0.5) is 0 Å². The Morgan fingerprint density at radius 2 is 2.46 bits per heavy atom. The number of aromatic amines is 1. The van der Waals surface area contributed by atoms with Crippen LogP contribution in [0.1, 0.15) is 6.92 Å². The molecule has 0 saturated carbocycles. The van der Waals surface area contributed by atoms with Crippen molar-refractivity contribution >= 4 is 21.6 Å². The third-order valence-corrected chi connectivity index (χ3v) is 3.39. The molecule has 0 aromatic carbocycles. The molecule has 13 heavy (non-hydrogen) atoms. The summed E-state index contributed by atoms with van der Waals surface area (Å²) in [5.74, 6) is 0.233. The van der Waals surface area contributed by atoms with E-state index in [1.54, 1.807) is 6.92 Å². The molecule has 0 spiro atoms. The molecule has 2 N–H and O–H groups in total. The van der Waals surface area contributed by atoms with E-state index in [9.17, 15) is 8.42 Å². The molecule has 5 nitrogen and oxygen atoms in total. The van der Waals surface area contributed by atoms with Crippen LogP contribution in [0.5, 0.6) is 0 Å². The zero-order chi connectivity index (χ0) is 9.90. The SMILES string of the molecule is CC(CCl)NS(=O)(=O)c1cn[nH]c1. The van der Waals surface area contributed by atoms with Crippen LogP contribution >= 0.6 is 11.6 Å². The Hall–Kier alpha value is -0.590. The quantitative estimate of drug-likeness (QED) is 0.722. The van der Waals surface area contributed by atoms with E-state index in [1.165, 1.54) is 12.4 Å². The van der Waals surface area contributed by atoms with Crippen molar-refractivity contribution in [1.82, 2.24) is 14.9 Å². The highest BCUT2D eigenvalue weighted by atomic mass is 35.5. The van der Waals surface area contributed by atoms with Gasteiger partial charge in [-0.2, -0.15) is 5.10 Å². The highest BCUT2D eigenvalue weighted by Crippen LogP contribution is 2.05. The zero-order valence-corrected chi connectivity index (χ0v) is 8.56. The number of H-pyrrole nitrogens is 1. The first-order valence-electron chi connectivity index (χ1n) is 3.63. The minimum Gasteiger partial charge on any atom is -0.284 e. The molecule has 0 bridgehead atoms. The fourth-order valence-corrected chi connectivity index (χ4v) is 2.07.